The van der Waals surface area contributed by atoms with Crippen LogP contribution in [-0.4, -0.2) is 20.2 Å². The fraction of sp³-hybridized carbons (Fsp3) is 0.136. The summed E-state index contributed by atoms with van der Waals surface area (Å²) in [7, 11) is 3.02. The van der Waals surface area contributed by atoms with Crippen LogP contribution < -0.4 is 9.47 Å². The van der Waals surface area contributed by atoms with E-state index in [1.807, 2.05) is 0 Å². The topological polar surface area (TPSA) is 44.8 Å². The average molecular weight is 402 g/mol. The van der Waals surface area contributed by atoms with Gasteiger partial charge < -0.3 is 14.2 Å². The molecule has 0 saturated heterocycles. The van der Waals surface area contributed by atoms with Crippen molar-refractivity contribution < 1.29 is 32.2 Å². The van der Waals surface area contributed by atoms with E-state index >= 15 is 0 Å². The fourth-order valence-corrected chi connectivity index (χ4v) is 2.79. The zero-order valence-corrected chi connectivity index (χ0v) is 15.6. The fourth-order valence-electron chi connectivity index (χ4n) is 2.79. The minimum atomic E-state index is -1.34. The molecule has 0 atom stereocenters. The first kappa shape index (κ1) is 20.3. The summed E-state index contributed by atoms with van der Waals surface area (Å²) >= 11 is 0. The summed E-state index contributed by atoms with van der Waals surface area (Å²) in [5, 5.41) is 0. The number of ether oxygens (including phenoxy) is 3. The van der Waals surface area contributed by atoms with Gasteiger partial charge in [-0.2, -0.15) is 0 Å². The molecule has 0 aliphatic heterocycles. The highest BCUT2D eigenvalue weighted by Gasteiger charge is 2.26. The SMILES string of the molecule is COc1ccc(C(OC(=O)c2c(F)cc(F)cc2F)c2ccc(OC)cc2)cc1. The van der Waals surface area contributed by atoms with Crippen LogP contribution in [0.25, 0.3) is 0 Å². The lowest BCUT2D eigenvalue weighted by Crippen LogP contribution is -2.16. The molecule has 0 unspecified atom stereocenters. The monoisotopic (exact) mass is 402 g/mol. The van der Waals surface area contributed by atoms with Crippen LogP contribution in [0.2, 0.25) is 0 Å². The number of rotatable bonds is 6. The van der Waals surface area contributed by atoms with E-state index in [1.54, 1.807) is 48.5 Å². The smallest absolute Gasteiger partial charge is 0.345 e. The normalized spacial score (nSPS) is 10.7. The summed E-state index contributed by atoms with van der Waals surface area (Å²) in [4.78, 5) is 12.5. The minimum Gasteiger partial charge on any atom is -0.497 e. The molecule has 0 saturated carbocycles. The number of benzene rings is 3. The Morgan fingerprint density at radius 2 is 1.17 bits per heavy atom. The number of methoxy groups -OCH3 is 2. The van der Waals surface area contributed by atoms with E-state index in [2.05, 4.69) is 0 Å². The summed E-state index contributed by atoms with van der Waals surface area (Å²) in [5.74, 6) is -3.88. The molecule has 0 amide bonds. The number of hydrogen-bond donors (Lipinski definition) is 0. The Balaban J connectivity index is 1.99. The van der Waals surface area contributed by atoms with Crippen molar-refractivity contribution in [2.75, 3.05) is 14.2 Å². The molecular formula is C22H17F3O4. The Bertz CT molecular complexity index is 931. The summed E-state index contributed by atoms with van der Waals surface area (Å²) in [6, 6.07) is 14.2. The van der Waals surface area contributed by atoms with E-state index in [1.165, 1.54) is 14.2 Å². The van der Waals surface area contributed by atoms with Gasteiger partial charge >= 0.3 is 5.97 Å². The number of hydrogen-bond acceptors (Lipinski definition) is 4. The maximum Gasteiger partial charge on any atom is 0.345 e. The minimum absolute atomic E-state index is 0.426. The van der Waals surface area contributed by atoms with E-state index in [0.717, 1.165) is 0 Å². The van der Waals surface area contributed by atoms with Crippen LogP contribution in [0.4, 0.5) is 13.2 Å². The van der Waals surface area contributed by atoms with Gasteiger partial charge in [0.2, 0.25) is 0 Å². The van der Waals surface area contributed by atoms with E-state index in [-0.39, 0.29) is 0 Å². The van der Waals surface area contributed by atoms with Crippen LogP contribution in [0.15, 0.2) is 60.7 Å². The lowest BCUT2D eigenvalue weighted by molar-refractivity contribution is 0.0366. The molecule has 3 rings (SSSR count). The van der Waals surface area contributed by atoms with Gasteiger partial charge in [0.1, 0.15) is 34.5 Å². The lowest BCUT2D eigenvalue weighted by Gasteiger charge is -2.20. The van der Waals surface area contributed by atoms with Crippen molar-refractivity contribution in [1.29, 1.82) is 0 Å². The van der Waals surface area contributed by atoms with Gasteiger partial charge in [-0.15, -0.1) is 0 Å². The van der Waals surface area contributed by atoms with Crippen molar-refractivity contribution in [2.24, 2.45) is 0 Å². The van der Waals surface area contributed by atoms with Gasteiger partial charge in [-0.3, -0.25) is 0 Å². The Morgan fingerprint density at radius 1 is 0.759 bits per heavy atom. The van der Waals surface area contributed by atoms with E-state index in [4.69, 9.17) is 14.2 Å². The number of carbonyl (C=O) groups is 1. The van der Waals surface area contributed by atoms with Crippen molar-refractivity contribution >= 4 is 5.97 Å². The molecule has 3 aromatic rings. The molecule has 0 heterocycles. The molecule has 0 aromatic heterocycles. The number of halogens is 3. The third-order valence-electron chi connectivity index (χ3n) is 4.27. The molecular weight excluding hydrogens is 385 g/mol. The first-order valence-electron chi connectivity index (χ1n) is 8.56. The molecule has 0 fully saturated rings. The zero-order chi connectivity index (χ0) is 21.0. The first-order chi connectivity index (χ1) is 13.9. The lowest BCUT2D eigenvalue weighted by atomic mass is 10.0. The van der Waals surface area contributed by atoms with Crippen LogP contribution in [0.5, 0.6) is 11.5 Å². The van der Waals surface area contributed by atoms with Crippen LogP contribution in [0, 0.1) is 17.5 Å². The molecule has 0 N–H and O–H groups in total. The Kier molecular flexibility index (Phi) is 6.07. The quantitative estimate of drug-likeness (QED) is 0.540. The highest BCUT2D eigenvalue weighted by atomic mass is 19.1. The predicted molar refractivity (Wildman–Crippen MR) is 99.6 cm³/mol. The first-order valence-corrected chi connectivity index (χ1v) is 8.56. The van der Waals surface area contributed by atoms with Crippen LogP contribution in [-0.2, 0) is 4.74 Å². The Morgan fingerprint density at radius 3 is 1.55 bits per heavy atom. The maximum absolute atomic E-state index is 14.0. The molecule has 0 bridgehead atoms. The molecule has 0 aliphatic rings. The van der Waals surface area contributed by atoms with Crippen LogP contribution >= 0.6 is 0 Å². The van der Waals surface area contributed by atoms with Gasteiger partial charge in [0.15, 0.2) is 6.10 Å². The van der Waals surface area contributed by atoms with E-state index < -0.39 is 35.1 Å². The third-order valence-corrected chi connectivity index (χ3v) is 4.27. The van der Waals surface area contributed by atoms with Crippen LogP contribution in [0.1, 0.15) is 27.6 Å². The van der Waals surface area contributed by atoms with Crippen molar-refractivity contribution in [1.82, 2.24) is 0 Å². The van der Waals surface area contributed by atoms with Crippen LogP contribution in [0.3, 0.4) is 0 Å². The predicted octanol–water partition coefficient (Wildman–Crippen LogP) is 5.07. The summed E-state index contributed by atoms with van der Waals surface area (Å²) in [6.07, 6.45) is -0.969. The van der Waals surface area contributed by atoms with Crippen molar-refractivity contribution in [2.45, 2.75) is 6.10 Å². The molecule has 7 heteroatoms. The molecule has 150 valence electrons. The highest BCUT2D eigenvalue weighted by Crippen LogP contribution is 2.30. The molecule has 29 heavy (non-hydrogen) atoms. The van der Waals surface area contributed by atoms with Crippen molar-refractivity contribution in [3.05, 3.63) is 94.8 Å². The van der Waals surface area contributed by atoms with Crippen molar-refractivity contribution in [3.8, 4) is 11.5 Å². The standard InChI is InChI=1S/C22H17F3O4/c1-27-16-7-3-13(4-8-16)21(14-5-9-17(28-2)10-6-14)29-22(26)20-18(24)11-15(23)12-19(20)25/h3-12,21H,1-2H3. The van der Waals surface area contributed by atoms with Gasteiger partial charge in [-0.25, -0.2) is 18.0 Å². The molecule has 0 radical (unpaired) electrons. The van der Waals surface area contributed by atoms with Gasteiger partial charge in [0.25, 0.3) is 0 Å². The Hall–Kier alpha value is -3.48. The summed E-state index contributed by atoms with van der Waals surface area (Å²) in [6.45, 7) is 0. The van der Waals surface area contributed by atoms with Gasteiger partial charge in [-0.1, -0.05) is 24.3 Å². The largest absolute Gasteiger partial charge is 0.497 e. The second kappa shape index (κ2) is 8.68. The summed E-state index contributed by atoms with van der Waals surface area (Å²) < 4.78 is 56.8. The number of esters is 1. The van der Waals surface area contributed by atoms with Gasteiger partial charge in [-0.05, 0) is 35.4 Å². The average Bonchev–Trinajstić information content (AvgIpc) is 2.71. The van der Waals surface area contributed by atoms with E-state index in [0.29, 0.717) is 34.8 Å². The third kappa shape index (κ3) is 4.51. The number of carbonyl (C=O) groups excluding carboxylic acids is 1. The Labute approximate surface area is 165 Å². The molecule has 0 spiro atoms. The highest BCUT2D eigenvalue weighted by molar-refractivity contribution is 5.90. The zero-order valence-electron chi connectivity index (χ0n) is 15.6. The second-order valence-corrected chi connectivity index (χ2v) is 6.08. The molecule has 0 aliphatic carbocycles. The maximum atomic E-state index is 14.0. The van der Waals surface area contributed by atoms with Gasteiger partial charge in [0.05, 0.1) is 14.2 Å². The second-order valence-electron chi connectivity index (χ2n) is 6.08. The van der Waals surface area contributed by atoms with E-state index in [9.17, 15) is 18.0 Å². The van der Waals surface area contributed by atoms with Gasteiger partial charge in [0, 0.05) is 12.1 Å². The molecule has 4 nitrogen and oxygen atoms in total. The molecule has 3 aromatic carbocycles. The summed E-state index contributed by atoms with van der Waals surface area (Å²) in [5.41, 5.74) is 0.137. The van der Waals surface area contributed by atoms with Crippen molar-refractivity contribution in [3.63, 3.8) is 0 Å².